The standard InChI is InChI=1S/C30H35F2N7O/c1-19(2)39-20(3)13-23-24(31)14-21(15-26(23)39)28-25(32)17-35-29(37-28)36-27-6-5-22(16-34-27)38(4)12-9-30(18-40)7-10-33-11-8-30/h5-6,13-19,33H,7-12H2,1-4H3,(H,34,35,36,37). The van der Waals surface area contributed by atoms with E-state index in [9.17, 15) is 9.18 Å². The van der Waals surface area contributed by atoms with Gasteiger partial charge in [0.25, 0.3) is 0 Å². The molecule has 1 aliphatic rings. The van der Waals surface area contributed by atoms with Gasteiger partial charge in [-0.3, -0.25) is 0 Å². The van der Waals surface area contributed by atoms with Crippen molar-refractivity contribution < 1.29 is 13.6 Å². The third-order valence-electron chi connectivity index (χ3n) is 7.86. The lowest BCUT2D eigenvalue weighted by Crippen LogP contribution is -2.40. The predicted octanol–water partition coefficient (Wildman–Crippen LogP) is 5.80. The predicted molar refractivity (Wildman–Crippen MR) is 154 cm³/mol. The van der Waals surface area contributed by atoms with Crippen LogP contribution in [0, 0.1) is 24.0 Å². The van der Waals surface area contributed by atoms with Crippen LogP contribution in [0.4, 0.5) is 26.2 Å². The highest BCUT2D eigenvalue weighted by atomic mass is 19.1. The van der Waals surface area contributed by atoms with Gasteiger partial charge >= 0.3 is 0 Å². The van der Waals surface area contributed by atoms with Crippen molar-refractivity contribution in [3.8, 4) is 11.3 Å². The first-order chi connectivity index (χ1) is 19.2. The fourth-order valence-electron chi connectivity index (χ4n) is 5.54. The highest BCUT2D eigenvalue weighted by molar-refractivity contribution is 5.87. The number of aryl methyl sites for hydroxylation is 1. The van der Waals surface area contributed by atoms with Gasteiger partial charge < -0.3 is 24.9 Å². The minimum absolute atomic E-state index is 0.00540. The van der Waals surface area contributed by atoms with Crippen LogP contribution >= 0.6 is 0 Å². The lowest BCUT2D eigenvalue weighted by atomic mass is 9.77. The van der Waals surface area contributed by atoms with Gasteiger partial charge in [0.15, 0.2) is 5.82 Å². The molecule has 3 aromatic heterocycles. The second kappa shape index (κ2) is 11.3. The topological polar surface area (TPSA) is 88.0 Å². The number of anilines is 3. The van der Waals surface area contributed by atoms with Crippen LogP contribution in [0.15, 0.2) is 42.7 Å². The molecule has 4 aromatic rings. The first kappa shape index (κ1) is 27.6. The summed E-state index contributed by atoms with van der Waals surface area (Å²) in [6.45, 7) is 8.45. The fraction of sp³-hybridized carbons (Fsp3) is 0.400. The van der Waals surface area contributed by atoms with Crippen molar-refractivity contribution in [1.82, 2.24) is 24.8 Å². The van der Waals surface area contributed by atoms with Crippen molar-refractivity contribution in [2.45, 2.75) is 46.1 Å². The lowest BCUT2D eigenvalue weighted by molar-refractivity contribution is -0.117. The Kier molecular flexibility index (Phi) is 7.80. The smallest absolute Gasteiger partial charge is 0.229 e. The van der Waals surface area contributed by atoms with Gasteiger partial charge in [0.2, 0.25) is 5.95 Å². The van der Waals surface area contributed by atoms with Gasteiger partial charge in [-0.25, -0.2) is 23.7 Å². The van der Waals surface area contributed by atoms with E-state index in [4.69, 9.17) is 0 Å². The van der Waals surface area contributed by atoms with Crippen molar-refractivity contribution in [3.63, 3.8) is 0 Å². The van der Waals surface area contributed by atoms with Crippen LogP contribution in [0.3, 0.4) is 0 Å². The third-order valence-corrected chi connectivity index (χ3v) is 7.86. The van der Waals surface area contributed by atoms with Crippen molar-refractivity contribution in [2.75, 3.05) is 36.9 Å². The first-order valence-electron chi connectivity index (χ1n) is 13.6. The number of fused-ring (bicyclic) bond motifs is 1. The van der Waals surface area contributed by atoms with E-state index in [1.807, 2.05) is 38.5 Å². The molecular formula is C30H35F2N7O. The molecule has 1 aliphatic heterocycles. The molecule has 0 radical (unpaired) electrons. The molecule has 8 nitrogen and oxygen atoms in total. The van der Waals surface area contributed by atoms with E-state index in [0.29, 0.717) is 22.3 Å². The van der Waals surface area contributed by atoms with Gasteiger partial charge in [-0.2, -0.15) is 0 Å². The molecular weight excluding hydrogens is 512 g/mol. The summed E-state index contributed by atoms with van der Waals surface area (Å²) in [7, 11) is 1.98. The monoisotopic (exact) mass is 547 g/mol. The minimum atomic E-state index is -0.643. The molecule has 40 heavy (non-hydrogen) atoms. The Labute approximate surface area is 232 Å². The number of hydrogen-bond donors (Lipinski definition) is 2. The van der Waals surface area contributed by atoms with E-state index >= 15 is 4.39 Å². The molecule has 2 N–H and O–H groups in total. The molecule has 0 saturated carbocycles. The molecule has 210 valence electrons. The van der Waals surface area contributed by atoms with Crippen LogP contribution in [0.1, 0.15) is 44.8 Å². The average Bonchev–Trinajstić information content (AvgIpc) is 3.30. The van der Waals surface area contributed by atoms with Gasteiger partial charge in [-0.05, 0) is 83.5 Å². The number of aldehydes is 1. The van der Waals surface area contributed by atoms with Crippen LogP contribution in [0.25, 0.3) is 22.2 Å². The van der Waals surface area contributed by atoms with E-state index in [-0.39, 0.29) is 23.1 Å². The Bertz CT molecular complexity index is 1510. The van der Waals surface area contributed by atoms with Gasteiger partial charge in [0.1, 0.15) is 23.6 Å². The van der Waals surface area contributed by atoms with Crippen LogP contribution < -0.4 is 15.5 Å². The molecule has 1 fully saturated rings. The number of rotatable bonds is 9. The number of carbonyl (C=O) groups excluding carboxylic acids is 1. The molecule has 0 bridgehead atoms. The number of benzene rings is 1. The molecule has 4 heterocycles. The maximum atomic E-state index is 15.0. The van der Waals surface area contributed by atoms with Crippen molar-refractivity contribution in [2.24, 2.45) is 5.41 Å². The van der Waals surface area contributed by atoms with Gasteiger partial charge in [0.05, 0.1) is 23.6 Å². The van der Waals surface area contributed by atoms with E-state index in [2.05, 4.69) is 30.5 Å². The number of halogens is 2. The van der Waals surface area contributed by atoms with Crippen molar-refractivity contribution in [3.05, 3.63) is 60.1 Å². The zero-order chi connectivity index (χ0) is 28.4. The van der Waals surface area contributed by atoms with E-state index in [0.717, 1.165) is 62.8 Å². The maximum Gasteiger partial charge on any atom is 0.229 e. The van der Waals surface area contributed by atoms with Crippen molar-refractivity contribution in [1.29, 1.82) is 0 Å². The molecule has 0 aliphatic carbocycles. The average molecular weight is 548 g/mol. The molecule has 10 heteroatoms. The Morgan fingerprint density at radius 2 is 1.90 bits per heavy atom. The quantitative estimate of drug-likeness (QED) is 0.256. The summed E-state index contributed by atoms with van der Waals surface area (Å²) < 4.78 is 31.9. The molecule has 0 amide bonds. The van der Waals surface area contributed by atoms with E-state index in [1.54, 1.807) is 24.4 Å². The molecule has 1 saturated heterocycles. The van der Waals surface area contributed by atoms with Gasteiger partial charge in [-0.15, -0.1) is 0 Å². The highest BCUT2D eigenvalue weighted by Crippen LogP contribution is 2.33. The largest absolute Gasteiger partial charge is 0.373 e. The zero-order valence-corrected chi connectivity index (χ0v) is 23.3. The second-order valence-electron chi connectivity index (χ2n) is 11.0. The minimum Gasteiger partial charge on any atom is -0.373 e. The summed E-state index contributed by atoms with van der Waals surface area (Å²) in [6.07, 6.45) is 6.43. The second-order valence-corrected chi connectivity index (χ2v) is 11.0. The normalized spacial score (nSPS) is 15.0. The summed E-state index contributed by atoms with van der Waals surface area (Å²) in [5.74, 6) is -0.429. The third kappa shape index (κ3) is 5.54. The molecule has 0 unspecified atom stereocenters. The van der Waals surface area contributed by atoms with Crippen LogP contribution in [-0.4, -0.2) is 52.5 Å². The van der Waals surface area contributed by atoms with Gasteiger partial charge in [0, 0.05) is 41.7 Å². The summed E-state index contributed by atoms with van der Waals surface area (Å²) in [4.78, 5) is 26.8. The Hall–Kier alpha value is -3.92. The number of piperidine rings is 1. The van der Waals surface area contributed by atoms with Crippen LogP contribution in [0.5, 0.6) is 0 Å². The summed E-state index contributed by atoms with van der Waals surface area (Å²) in [5.41, 5.74) is 2.60. The summed E-state index contributed by atoms with van der Waals surface area (Å²) >= 11 is 0. The molecule has 0 atom stereocenters. The maximum absolute atomic E-state index is 15.0. The summed E-state index contributed by atoms with van der Waals surface area (Å²) in [5, 5.41) is 6.83. The fourth-order valence-corrected chi connectivity index (χ4v) is 5.54. The zero-order valence-electron chi connectivity index (χ0n) is 23.3. The Morgan fingerprint density at radius 3 is 2.58 bits per heavy atom. The first-order valence-corrected chi connectivity index (χ1v) is 13.6. The number of hydrogen-bond acceptors (Lipinski definition) is 7. The SMILES string of the molecule is Cc1cc2c(F)cc(-c3nc(Nc4ccc(N(C)CCC5(C=O)CCNCC5)cn4)ncc3F)cc2n1C(C)C. The Balaban J connectivity index is 1.33. The highest BCUT2D eigenvalue weighted by Gasteiger charge is 2.31. The Morgan fingerprint density at radius 1 is 1.12 bits per heavy atom. The van der Waals surface area contributed by atoms with Crippen LogP contribution in [-0.2, 0) is 4.79 Å². The molecule has 5 rings (SSSR count). The number of nitrogens with zero attached hydrogens (tertiary/aromatic N) is 5. The van der Waals surface area contributed by atoms with E-state index in [1.165, 1.54) is 6.07 Å². The van der Waals surface area contributed by atoms with E-state index < -0.39 is 11.6 Å². The lowest BCUT2D eigenvalue weighted by Gasteiger charge is -2.34. The van der Waals surface area contributed by atoms with Crippen molar-refractivity contribution >= 4 is 34.6 Å². The number of nitrogens with one attached hydrogen (secondary N) is 2. The van der Waals surface area contributed by atoms with Gasteiger partial charge in [-0.1, -0.05) is 0 Å². The summed E-state index contributed by atoms with van der Waals surface area (Å²) in [6, 6.07) is 8.70. The molecule has 1 aromatic carbocycles. The molecule has 0 spiro atoms. The van der Waals surface area contributed by atoms with Crippen LogP contribution in [0.2, 0.25) is 0 Å². The number of aromatic nitrogens is 4. The number of carbonyl (C=O) groups is 1. The number of pyridine rings is 1.